The van der Waals surface area contributed by atoms with Gasteiger partial charge in [0.25, 0.3) is 0 Å². The first kappa shape index (κ1) is 13.4. The lowest BCUT2D eigenvalue weighted by molar-refractivity contribution is 0.484. The summed E-state index contributed by atoms with van der Waals surface area (Å²) in [6.45, 7) is 3.63. The molecule has 0 aliphatic heterocycles. The average molecular weight is 274 g/mol. The van der Waals surface area contributed by atoms with Crippen LogP contribution in [0.15, 0.2) is 61.2 Å². The fraction of sp³-hybridized carbons (Fsp3) is 0.0667. The molecule has 0 aliphatic carbocycles. The highest BCUT2D eigenvalue weighted by Crippen LogP contribution is 2.21. The predicted molar refractivity (Wildman–Crippen MR) is 76.2 cm³/mol. The van der Waals surface area contributed by atoms with Gasteiger partial charge in [-0.1, -0.05) is 61.2 Å². The van der Waals surface area contributed by atoms with Gasteiger partial charge in [0.2, 0.25) is 0 Å². The van der Waals surface area contributed by atoms with Crippen molar-refractivity contribution in [1.82, 2.24) is 0 Å². The molecule has 0 aromatic heterocycles. The van der Waals surface area contributed by atoms with E-state index in [-0.39, 0.29) is 5.75 Å². The SMILES string of the molecule is C=Cc1ccccc1OS(=O)(=O)Cc1ccccc1. The van der Waals surface area contributed by atoms with Crippen molar-refractivity contribution in [2.75, 3.05) is 0 Å². The molecule has 98 valence electrons. The Kier molecular flexibility index (Phi) is 4.02. The van der Waals surface area contributed by atoms with Crippen molar-refractivity contribution in [1.29, 1.82) is 0 Å². The molecule has 0 radical (unpaired) electrons. The first-order valence-electron chi connectivity index (χ1n) is 5.78. The van der Waals surface area contributed by atoms with Gasteiger partial charge in [-0.05, 0) is 11.6 Å². The molecule has 4 heteroatoms. The van der Waals surface area contributed by atoms with E-state index in [0.717, 1.165) is 0 Å². The molecule has 0 bridgehead atoms. The van der Waals surface area contributed by atoms with Gasteiger partial charge in [-0.25, -0.2) is 0 Å². The molecular weight excluding hydrogens is 260 g/mol. The van der Waals surface area contributed by atoms with Crippen LogP contribution in [0.4, 0.5) is 0 Å². The lowest BCUT2D eigenvalue weighted by Gasteiger charge is -2.09. The third kappa shape index (κ3) is 3.69. The normalized spacial score (nSPS) is 10.9. The minimum Gasteiger partial charge on any atom is -0.382 e. The van der Waals surface area contributed by atoms with Crippen molar-refractivity contribution in [2.24, 2.45) is 0 Å². The van der Waals surface area contributed by atoms with E-state index in [1.54, 1.807) is 54.6 Å². The molecule has 19 heavy (non-hydrogen) atoms. The predicted octanol–water partition coefficient (Wildman–Crippen LogP) is 3.24. The molecule has 0 saturated carbocycles. The van der Waals surface area contributed by atoms with Gasteiger partial charge in [0.1, 0.15) is 11.5 Å². The summed E-state index contributed by atoms with van der Waals surface area (Å²) in [5.74, 6) is 0.146. The maximum Gasteiger partial charge on any atom is 0.313 e. The van der Waals surface area contributed by atoms with Crippen LogP contribution in [0.25, 0.3) is 6.08 Å². The van der Waals surface area contributed by atoms with Gasteiger partial charge >= 0.3 is 10.1 Å². The summed E-state index contributed by atoms with van der Waals surface area (Å²) in [5.41, 5.74) is 1.35. The number of hydrogen-bond acceptors (Lipinski definition) is 3. The Morgan fingerprint density at radius 2 is 1.63 bits per heavy atom. The quantitative estimate of drug-likeness (QED) is 0.786. The summed E-state index contributed by atoms with van der Waals surface area (Å²) < 4.78 is 29.1. The first-order chi connectivity index (χ1) is 9.11. The summed E-state index contributed by atoms with van der Waals surface area (Å²) in [6.07, 6.45) is 1.56. The highest BCUT2D eigenvalue weighted by atomic mass is 32.2. The van der Waals surface area contributed by atoms with E-state index >= 15 is 0 Å². The maximum atomic E-state index is 12.0. The van der Waals surface area contributed by atoms with Crippen LogP contribution in [0, 0.1) is 0 Å². The van der Waals surface area contributed by atoms with Gasteiger partial charge in [-0.15, -0.1) is 0 Å². The standard InChI is InChI=1S/C15H14O3S/c1-2-14-10-6-7-11-15(14)18-19(16,17)12-13-8-4-3-5-9-13/h2-11H,1,12H2. The van der Waals surface area contributed by atoms with Crippen molar-refractivity contribution in [2.45, 2.75) is 5.75 Å². The molecule has 0 saturated heterocycles. The Morgan fingerprint density at radius 3 is 2.32 bits per heavy atom. The smallest absolute Gasteiger partial charge is 0.313 e. The molecule has 0 fully saturated rings. The van der Waals surface area contributed by atoms with Crippen molar-refractivity contribution < 1.29 is 12.6 Å². The van der Waals surface area contributed by atoms with Crippen LogP contribution in [-0.2, 0) is 15.9 Å². The zero-order chi connectivity index (χ0) is 13.7. The Bertz CT molecular complexity index is 661. The van der Waals surface area contributed by atoms with Crippen molar-refractivity contribution in [3.63, 3.8) is 0 Å². The lowest BCUT2D eigenvalue weighted by Crippen LogP contribution is -2.12. The maximum absolute atomic E-state index is 12.0. The van der Waals surface area contributed by atoms with E-state index in [9.17, 15) is 8.42 Å². The molecule has 2 rings (SSSR count). The molecule has 2 aromatic rings. The monoisotopic (exact) mass is 274 g/mol. The molecule has 0 heterocycles. The van der Waals surface area contributed by atoms with Gasteiger partial charge in [-0.2, -0.15) is 8.42 Å². The first-order valence-corrected chi connectivity index (χ1v) is 7.36. The minimum atomic E-state index is -3.67. The number of rotatable bonds is 5. The van der Waals surface area contributed by atoms with E-state index in [1.165, 1.54) is 0 Å². The second-order valence-corrected chi connectivity index (χ2v) is 5.58. The Labute approximate surface area is 113 Å². The Hall–Kier alpha value is -2.07. The van der Waals surface area contributed by atoms with Crippen LogP contribution in [0.2, 0.25) is 0 Å². The third-order valence-electron chi connectivity index (χ3n) is 2.54. The Balaban J connectivity index is 2.20. The highest BCUT2D eigenvalue weighted by molar-refractivity contribution is 7.86. The van der Waals surface area contributed by atoms with Gasteiger partial charge < -0.3 is 4.18 Å². The van der Waals surface area contributed by atoms with E-state index in [2.05, 4.69) is 6.58 Å². The molecule has 2 aromatic carbocycles. The molecule has 0 spiro atoms. The minimum absolute atomic E-state index is 0.153. The third-order valence-corrected chi connectivity index (χ3v) is 3.66. The van der Waals surface area contributed by atoms with Crippen molar-refractivity contribution in [3.05, 3.63) is 72.3 Å². The molecule has 0 aliphatic rings. The molecule has 0 N–H and O–H groups in total. The fourth-order valence-electron chi connectivity index (χ4n) is 1.67. The summed E-state index contributed by atoms with van der Waals surface area (Å²) in [5, 5.41) is 0. The van der Waals surface area contributed by atoms with Crippen LogP contribution in [0.5, 0.6) is 5.75 Å². The summed E-state index contributed by atoms with van der Waals surface area (Å²) in [7, 11) is -3.67. The van der Waals surface area contributed by atoms with Crippen LogP contribution in [0.1, 0.15) is 11.1 Å². The van der Waals surface area contributed by atoms with Crippen LogP contribution in [0.3, 0.4) is 0 Å². The summed E-state index contributed by atoms with van der Waals surface area (Å²) >= 11 is 0. The van der Waals surface area contributed by atoms with Crippen LogP contribution < -0.4 is 4.18 Å². The zero-order valence-electron chi connectivity index (χ0n) is 10.3. The number of para-hydroxylation sites is 1. The molecule has 0 atom stereocenters. The van der Waals surface area contributed by atoms with Crippen molar-refractivity contribution >= 4 is 16.2 Å². The van der Waals surface area contributed by atoms with Gasteiger partial charge in [-0.3, -0.25) is 0 Å². The fourth-order valence-corrected chi connectivity index (χ4v) is 2.75. The molecule has 0 amide bonds. The van der Waals surface area contributed by atoms with Crippen molar-refractivity contribution in [3.8, 4) is 5.75 Å². The highest BCUT2D eigenvalue weighted by Gasteiger charge is 2.15. The molecule has 0 unspecified atom stereocenters. The van der Waals surface area contributed by atoms with E-state index in [1.807, 2.05) is 6.07 Å². The number of benzene rings is 2. The average Bonchev–Trinajstić information content (AvgIpc) is 2.39. The zero-order valence-corrected chi connectivity index (χ0v) is 11.1. The molecule has 3 nitrogen and oxygen atoms in total. The topological polar surface area (TPSA) is 43.4 Å². The summed E-state index contributed by atoms with van der Waals surface area (Å²) in [4.78, 5) is 0. The lowest BCUT2D eigenvalue weighted by atomic mass is 10.2. The largest absolute Gasteiger partial charge is 0.382 e. The van der Waals surface area contributed by atoms with Crippen LogP contribution >= 0.6 is 0 Å². The van der Waals surface area contributed by atoms with Crippen LogP contribution in [-0.4, -0.2) is 8.42 Å². The van der Waals surface area contributed by atoms with Gasteiger partial charge in [0, 0.05) is 5.56 Å². The van der Waals surface area contributed by atoms with Gasteiger partial charge in [0.15, 0.2) is 0 Å². The second kappa shape index (κ2) is 5.71. The van der Waals surface area contributed by atoms with Gasteiger partial charge in [0.05, 0.1) is 0 Å². The van der Waals surface area contributed by atoms with E-state index < -0.39 is 10.1 Å². The molecular formula is C15H14O3S. The second-order valence-electron chi connectivity index (χ2n) is 4.01. The number of hydrogen-bond donors (Lipinski definition) is 0. The van der Waals surface area contributed by atoms with E-state index in [0.29, 0.717) is 16.9 Å². The van der Waals surface area contributed by atoms with E-state index in [4.69, 9.17) is 4.18 Å². The Morgan fingerprint density at radius 1 is 1.00 bits per heavy atom. The summed E-state index contributed by atoms with van der Waals surface area (Å²) in [6, 6.07) is 15.8.